The molecule has 0 amide bonds. The second-order valence-electron chi connectivity index (χ2n) is 7.33. The molecule has 2 aromatic heterocycles. The average Bonchev–Trinajstić information content (AvgIpc) is 3.29. The van der Waals surface area contributed by atoms with Crippen LogP contribution in [-0.4, -0.2) is 47.1 Å². The van der Waals surface area contributed by atoms with Gasteiger partial charge in [-0.05, 0) is 63.0 Å². The predicted molar refractivity (Wildman–Crippen MR) is 105 cm³/mol. The van der Waals surface area contributed by atoms with Gasteiger partial charge in [-0.25, -0.2) is 4.98 Å². The van der Waals surface area contributed by atoms with Crippen LogP contribution in [0.15, 0.2) is 30.5 Å². The molecule has 0 atom stereocenters. The van der Waals surface area contributed by atoms with Crippen molar-refractivity contribution in [1.82, 2.24) is 14.9 Å². The molecule has 130 valence electrons. The summed E-state index contributed by atoms with van der Waals surface area (Å²) in [5.41, 5.74) is 2.26. The molecule has 0 aliphatic carbocycles. The van der Waals surface area contributed by atoms with Gasteiger partial charge in [0.25, 0.3) is 0 Å². The zero-order valence-corrected chi connectivity index (χ0v) is 15.1. The van der Waals surface area contributed by atoms with Crippen LogP contribution in [0.25, 0.3) is 21.8 Å². The molecule has 4 nitrogen and oxygen atoms in total. The second kappa shape index (κ2) is 6.19. The van der Waals surface area contributed by atoms with Crippen LogP contribution in [-0.2, 0) is 0 Å². The minimum absolute atomic E-state index is 0.763. The molecule has 5 heteroatoms. The number of hydrogen-bond donors (Lipinski definition) is 1. The summed E-state index contributed by atoms with van der Waals surface area (Å²) in [7, 11) is 0. The quantitative estimate of drug-likeness (QED) is 0.739. The van der Waals surface area contributed by atoms with Crippen LogP contribution in [0.2, 0.25) is 5.02 Å². The van der Waals surface area contributed by atoms with E-state index in [0.29, 0.717) is 0 Å². The number of piperidine rings is 1. The summed E-state index contributed by atoms with van der Waals surface area (Å²) in [6.45, 7) is 4.76. The fourth-order valence-electron chi connectivity index (χ4n) is 4.57. The highest BCUT2D eigenvalue weighted by Gasteiger charge is 2.27. The molecule has 2 aliphatic rings. The van der Waals surface area contributed by atoms with Gasteiger partial charge in [-0.2, -0.15) is 0 Å². The summed E-state index contributed by atoms with van der Waals surface area (Å²) in [6, 6.07) is 8.89. The molecule has 1 N–H and O–H groups in total. The smallest absolute Gasteiger partial charge is 0.152 e. The maximum absolute atomic E-state index is 6.20. The second-order valence-corrected chi connectivity index (χ2v) is 7.77. The number of hydrogen-bond acceptors (Lipinski definition) is 3. The average molecular weight is 355 g/mol. The van der Waals surface area contributed by atoms with Crippen LogP contribution in [0, 0.1) is 0 Å². The molecule has 5 rings (SSSR count). The summed E-state index contributed by atoms with van der Waals surface area (Å²) in [4.78, 5) is 13.4. The molecule has 0 saturated carbocycles. The van der Waals surface area contributed by atoms with Gasteiger partial charge in [-0.15, -0.1) is 0 Å². The zero-order chi connectivity index (χ0) is 16.8. The Balaban J connectivity index is 1.46. The van der Waals surface area contributed by atoms with E-state index in [1.165, 1.54) is 49.5 Å². The van der Waals surface area contributed by atoms with Crippen molar-refractivity contribution in [3.05, 3.63) is 35.5 Å². The minimum Gasteiger partial charge on any atom is -0.355 e. The van der Waals surface area contributed by atoms with E-state index in [-0.39, 0.29) is 0 Å². The van der Waals surface area contributed by atoms with Crippen LogP contribution in [0.5, 0.6) is 0 Å². The molecular weight excluding hydrogens is 332 g/mol. The maximum atomic E-state index is 6.20. The van der Waals surface area contributed by atoms with E-state index in [0.717, 1.165) is 41.0 Å². The predicted octanol–water partition coefficient (Wildman–Crippen LogP) is 4.43. The topological polar surface area (TPSA) is 35.2 Å². The van der Waals surface area contributed by atoms with Gasteiger partial charge in [-0.3, -0.25) is 0 Å². The summed E-state index contributed by atoms with van der Waals surface area (Å²) >= 11 is 6.20. The fourth-order valence-corrected chi connectivity index (χ4v) is 4.74. The van der Waals surface area contributed by atoms with Crippen molar-refractivity contribution in [2.45, 2.75) is 31.7 Å². The molecule has 25 heavy (non-hydrogen) atoms. The first kappa shape index (κ1) is 15.5. The number of nitrogens with zero attached hydrogens (tertiary/aromatic N) is 3. The van der Waals surface area contributed by atoms with Gasteiger partial charge >= 0.3 is 0 Å². The monoisotopic (exact) mass is 354 g/mol. The van der Waals surface area contributed by atoms with Gasteiger partial charge in [0.1, 0.15) is 0 Å². The van der Waals surface area contributed by atoms with Crippen molar-refractivity contribution < 1.29 is 0 Å². The number of pyridine rings is 1. The van der Waals surface area contributed by atoms with Gasteiger partial charge in [0.05, 0.1) is 5.52 Å². The Kier molecular flexibility index (Phi) is 3.83. The van der Waals surface area contributed by atoms with Crippen LogP contribution in [0.3, 0.4) is 0 Å². The van der Waals surface area contributed by atoms with E-state index in [4.69, 9.17) is 16.6 Å². The molecule has 4 heterocycles. The van der Waals surface area contributed by atoms with E-state index in [1.807, 2.05) is 18.3 Å². The number of fused-ring (bicyclic) bond motifs is 3. The minimum atomic E-state index is 0.763. The third kappa shape index (κ3) is 2.68. The molecule has 0 radical (unpaired) electrons. The number of nitrogens with one attached hydrogen (secondary N) is 1. The largest absolute Gasteiger partial charge is 0.355 e. The number of rotatable bonds is 2. The lowest BCUT2D eigenvalue weighted by Crippen LogP contribution is -2.44. The lowest BCUT2D eigenvalue weighted by molar-refractivity contribution is 0.208. The molecule has 0 bridgehead atoms. The number of halogens is 1. The molecule has 2 saturated heterocycles. The highest BCUT2D eigenvalue weighted by Crippen LogP contribution is 2.33. The lowest BCUT2D eigenvalue weighted by Gasteiger charge is -2.37. The van der Waals surface area contributed by atoms with Crippen molar-refractivity contribution in [2.24, 2.45) is 0 Å². The molecule has 0 unspecified atom stereocenters. The van der Waals surface area contributed by atoms with Gasteiger partial charge in [0.2, 0.25) is 0 Å². The fraction of sp³-hybridized carbons (Fsp3) is 0.450. The van der Waals surface area contributed by atoms with Crippen molar-refractivity contribution in [3.8, 4) is 0 Å². The Bertz CT molecular complexity index is 905. The number of benzene rings is 1. The van der Waals surface area contributed by atoms with E-state index in [2.05, 4.69) is 26.9 Å². The van der Waals surface area contributed by atoms with Gasteiger partial charge in [0.15, 0.2) is 5.82 Å². The Morgan fingerprint density at radius 1 is 1.00 bits per heavy atom. The summed E-state index contributed by atoms with van der Waals surface area (Å²) < 4.78 is 0. The highest BCUT2D eigenvalue weighted by molar-refractivity contribution is 6.32. The Morgan fingerprint density at radius 3 is 2.60 bits per heavy atom. The molecule has 0 spiro atoms. The third-order valence-electron chi connectivity index (χ3n) is 5.88. The normalized spacial score (nSPS) is 20.1. The molecule has 2 fully saturated rings. The number of likely N-dealkylation sites (tertiary alicyclic amines) is 1. The number of anilines is 1. The van der Waals surface area contributed by atoms with E-state index < -0.39 is 0 Å². The highest BCUT2D eigenvalue weighted by atomic mass is 35.5. The number of H-pyrrole nitrogens is 1. The lowest BCUT2D eigenvalue weighted by atomic mass is 10.0. The molecule has 3 aromatic rings. The van der Waals surface area contributed by atoms with Crippen molar-refractivity contribution in [2.75, 3.05) is 31.1 Å². The zero-order valence-electron chi connectivity index (χ0n) is 14.3. The number of aromatic amines is 1. The first-order chi connectivity index (χ1) is 12.3. The van der Waals surface area contributed by atoms with E-state index in [9.17, 15) is 0 Å². The molecular formula is C20H23ClN4. The van der Waals surface area contributed by atoms with E-state index >= 15 is 0 Å². The van der Waals surface area contributed by atoms with Gasteiger partial charge in [-0.1, -0.05) is 11.6 Å². The van der Waals surface area contributed by atoms with Crippen LogP contribution < -0.4 is 4.90 Å². The van der Waals surface area contributed by atoms with E-state index in [1.54, 1.807) is 0 Å². The third-order valence-corrected chi connectivity index (χ3v) is 6.12. The Morgan fingerprint density at radius 2 is 1.80 bits per heavy atom. The first-order valence-electron chi connectivity index (χ1n) is 9.34. The SMILES string of the molecule is Clc1ccc2[nH]c3c(N4CCC(N5CCCC5)CC4)nccc3c2c1. The first-order valence-corrected chi connectivity index (χ1v) is 9.72. The van der Waals surface area contributed by atoms with Crippen LogP contribution >= 0.6 is 11.6 Å². The van der Waals surface area contributed by atoms with Crippen molar-refractivity contribution in [1.29, 1.82) is 0 Å². The Hall–Kier alpha value is -1.78. The standard InChI is InChI=1S/C20H23ClN4/c21-14-3-4-18-17(13-14)16-5-8-22-20(19(16)23-18)25-11-6-15(7-12-25)24-9-1-2-10-24/h3-5,8,13,15,23H,1-2,6-7,9-12H2. The summed E-state index contributed by atoms with van der Waals surface area (Å²) in [6.07, 6.45) is 7.16. The van der Waals surface area contributed by atoms with Crippen LogP contribution in [0.4, 0.5) is 5.82 Å². The summed E-state index contributed by atoms with van der Waals surface area (Å²) in [5, 5.41) is 3.17. The Labute approximate surface area is 152 Å². The van der Waals surface area contributed by atoms with Gasteiger partial charge in [0, 0.05) is 46.6 Å². The van der Waals surface area contributed by atoms with Gasteiger partial charge < -0.3 is 14.8 Å². The maximum Gasteiger partial charge on any atom is 0.152 e. The summed E-state index contributed by atoms with van der Waals surface area (Å²) in [5.74, 6) is 1.09. The van der Waals surface area contributed by atoms with Crippen molar-refractivity contribution in [3.63, 3.8) is 0 Å². The van der Waals surface area contributed by atoms with Crippen molar-refractivity contribution >= 4 is 39.2 Å². The molecule has 2 aliphatic heterocycles. The number of aromatic nitrogens is 2. The van der Waals surface area contributed by atoms with Crippen LogP contribution in [0.1, 0.15) is 25.7 Å². The molecule has 1 aromatic carbocycles.